The predicted molar refractivity (Wildman–Crippen MR) is 74.5 cm³/mol. The predicted octanol–water partition coefficient (Wildman–Crippen LogP) is 3.29. The summed E-state index contributed by atoms with van der Waals surface area (Å²) in [5.41, 5.74) is -0.405. The fourth-order valence-corrected chi connectivity index (χ4v) is 2.03. The minimum absolute atomic E-state index is 0.00144. The fourth-order valence-electron chi connectivity index (χ4n) is 1.79. The third-order valence-corrected chi connectivity index (χ3v) is 3.37. The van der Waals surface area contributed by atoms with E-state index in [9.17, 15) is 18.0 Å². The van der Waals surface area contributed by atoms with Crippen molar-refractivity contribution < 1.29 is 18.0 Å². The molecule has 0 radical (unpaired) electrons. The maximum Gasteiger partial charge on any atom is 0.436 e. The summed E-state index contributed by atoms with van der Waals surface area (Å²) in [5.74, 6) is -0.342. The molecule has 2 aromatic rings. The van der Waals surface area contributed by atoms with Crippen LogP contribution < -0.4 is 5.32 Å². The number of pyridine rings is 1. The molecule has 1 N–H and O–H groups in total. The molecule has 1 amide bonds. The highest BCUT2D eigenvalue weighted by atomic mass is 35.5. The number of amides is 1. The molecule has 0 saturated carbocycles. The number of aryl methyl sites for hydroxylation is 1. The van der Waals surface area contributed by atoms with E-state index in [1.807, 2.05) is 0 Å². The first-order valence-corrected chi connectivity index (χ1v) is 6.67. The average Bonchev–Trinajstić information content (AvgIpc) is 2.74. The van der Waals surface area contributed by atoms with E-state index in [2.05, 4.69) is 15.4 Å². The van der Waals surface area contributed by atoms with Gasteiger partial charge in [0.1, 0.15) is 0 Å². The van der Waals surface area contributed by atoms with Gasteiger partial charge in [-0.1, -0.05) is 11.6 Å². The number of hydrogen-bond donors (Lipinski definition) is 1. The molecule has 2 heterocycles. The molecular formula is C13H12ClF3N4O. The van der Waals surface area contributed by atoms with Gasteiger partial charge in [-0.15, -0.1) is 0 Å². The number of nitrogens with zero attached hydrogens (tertiary/aromatic N) is 3. The SMILES string of the molecule is Cc1c(Cl)c(C(F)(F)F)nn1CCC(=O)Nc1ccncc1. The van der Waals surface area contributed by atoms with Gasteiger partial charge in [-0.3, -0.25) is 14.5 Å². The van der Waals surface area contributed by atoms with Crippen molar-refractivity contribution in [3.05, 3.63) is 40.9 Å². The molecule has 2 aromatic heterocycles. The molecule has 2 rings (SSSR count). The Labute approximate surface area is 129 Å². The summed E-state index contributed by atoms with van der Waals surface area (Å²) >= 11 is 5.63. The van der Waals surface area contributed by atoms with Crippen LogP contribution in [0.1, 0.15) is 17.8 Å². The Morgan fingerprint density at radius 1 is 1.36 bits per heavy atom. The van der Waals surface area contributed by atoms with Crippen LogP contribution in [0.3, 0.4) is 0 Å². The van der Waals surface area contributed by atoms with Crippen molar-refractivity contribution in [3.8, 4) is 0 Å². The second-order valence-electron chi connectivity index (χ2n) is 4.50. The first-order chi connectivity index (χ1) is 10.3. The fraction of sp³-hybridized carbons (Fsp3) is 0.308. The number of hydrogen-bond acceptors (Lipinski definition) is 3. The molecule has 118 valence electrons. The van der Waals surface area contributed by atoms with E-state index >= 15 is 0 Å². The first kappa shape index (κ1) is 16.3. The Hall–Kier alpha value is -2.09. The second kappa shape index (κ2) is 6.35. The van der Waals surface area contributed by atoms with Crippen LogP contribution in [0.4, 0.5) is 18.9 Å². The monoisotopic (exact) mass is 332 g/mol. The van der Waals surface area contributed by atoms with Crippen molar-refractivity contribution in [1.29, 1.82) is 0 Å². The highest BCUT2D eigenvalue weighted by Crippen LogP contribution is 2.35. The average molecular weight is 333 g/mol. The normalized spacial score (nSPS) is 11.5. The maximum absolute atomic E-state index is 12.7. The molecule has 0 aliphatic rings. The van der Waals surface area contributed by atoms with E-state index < -0.39 is 16.9 Å². The van der Waals surface area contributed by atoms with Crippen LogP contribution in [0.25, 0.3) is 0 Å². The minimum Gasteiger partial charge on any atom is -0.326 e. The number of aromatic nitrogens is 3. The molecule has 0 aliphatic heterocycles. The van der Waals surface area contributed by atoms with Crippen LogP contribution in [0.5, 0.6) is 0 Å². The highest BCUT2D eigenvalue weighted by Gasteiger charge is 2.38. The van der Waals surface area contributed by atoms with Crippen molar-refractivity contribution in [1.82, 2.24) is 14.8 Å². The van der Waals surface area contributed by atoms with Crippen LogP contribution in [0, 0.1) is 6.92 Å². The Morgan fingerprint density at radius 3 is 2.55 bits per heavy atom. The van der Waals surface area contributed by atoms with E-state index in [0.29, 0.717) is 5.69 Å². The lowest BCUT2D eigenvalue weighted by atomic mass is 10.3. The summed E-state index contributed by atoms with van der Waals surface area (Å²) < 4.78 is 39.1. The van der Waals surface area contributed by atoms with Crippen molar-refractivity contribution >= 4 is 23.2 Å². The van der Waals surface area contributed by atoms with Crippen molar-refractivity contribution in [2.24, 2.45) is 0 Å². The lowest BCUT2D eigenvalue weighted by molar-refractivity contribution is -0.141. The third kappa shape index (κ3) is 3.76. The molecular weight excluding hydrogens is 321 g/mol. The van der Waals surface area contributed by atoms with Crippen LogP contribution in [0.15, 0.2) is 24.5 Å². The smallest absolute Gasteiger partial charge is 0.326 e. The second-order valence-corrected chi connectivity index (χ2v) is 4.88. The van der Waals surface area contributed by atoms with E-state index in [0.717, 1.165) is 4.68 Å². The summed E-state index contributed by atoms with van der Waals surface area (Å²) in [6.45, 7) is 1.42. The summed E-state index contributed by atoms with van der Waals surface area (Å²) in [7, 11) is 0. The number of nitrogens with one attached hydrogen (secondary N) is 1. The van der Waals surface area contributed by atoms with Gasteiger partial charge in [0.25, 0.3) is 0 Å². The maximum atomic E-state index is 12.7. The van der Waals surface area contributed by atoms with Crippen LogP contribution in [0.2, 0.25) is 5.02 Å². The molecule has 0 saturated heterocycles. The molecule has 0 aliphatic carbocycles. The van der Waals surface area contributed by atoms with E-state index in [4.69, 9.17) is 11.6 Å². The quantitative estimate of drug-likeness (QED) is 0.934. The van der Waals surface area contributed by atoms with Gasteiger partial charge >= 0.3 is 6.18 Å². The molecule has 0 spiro atoms. The van der Waals surface area contributed by atoms with Crippen molar-refractivity contribution in [2.75, 3.05) is 5.32 Å². The zero-order valence-corrected chi connectivity index (χ0v) is 12.2. The standard InChI is InChI=1S/C13H12ClF3N4O/c1-8-11(14)12(13(15,16)17)20-21(8)7-4-10(22)19-9-2-5-18-6-3-9/h2-3,5-6H,4,7H2,1H3,(H,18,19,22). The summed E-state index contributed by atoms with van der Waals surface area (Å²) in [6.07, 6.45) is -1.61. The van der Waals surface area contributed by atoms with Gasteiger partial charge in [-0.2, -0.15) is 18.3 Å². The molecule has 5 nitrogen and oxygen atoms in total. The lowest BCUT2D eigenvalue weighted by Crippen LogP contribution is -2.16. The molecule has 0 fully saturated rings. The van der Waals surface area contributed by atoms with Gasteiger partial charge < -0.3 is 5.32 Å². The largest absolute Gasteiger partial charge is 0.436 e. The number of anilines is 1. The number of rotatable bonds is 4. The molecule has 22 heavy (non-hydrogen) atoms. The van der Waals surface area contributed by atoms with Crippen LogP contribution in [-0.2, 0) is 17.5 Å². The molecule has 0 bridgehead atoms. The van der Waals surface area contributed by atoms with Crippen molar-refractivity contribution in [3.63, 3.8) is 0 Å². The number of halogens is 4. The summed E-state index contributed by atoms with van der Waals surface area (Å²) in [4.78, 5) is 15.6. The van der Waals surface area contributed by atoms with E-state index in [-0.39, 0.29) is 24.6 Å². The van der Waals surface area contributed by atoms with Crippen LogP contribution in [-0.4, -0.2) is 20.7 Å². The topological polar surface area (TPSA) is 59.8 Å². The van der Waals surface area contributed by atoms with Gasteiger partial charge in [0.15, 0.2) is 5.69 Å². The van der Waals surface area contributed by atoms with Gasteiger partial charge in [-0.25, -0.2) is 0 Å². The molecule has 0 atom stereocenters. The van der Waals surface area contributed by atoms with Gasteiger partial charge in [0, 0.05) is 24.5 Å². The lowest BCUT2D eigenvalue weighted by Gasteiger charge is -2.06. The number of carbonyl (C=O) groups is 1. The first-order valence-electron chi connectivity index (χ1n) is 6.29. The molecule has 0 aromatic carbocycles. The Balaban J connectivity index is 2.01. The summed E-state index contributed by atoms with van der Waals surface area (Å²) in [6, 6.07) is 3.21. The zero-order chi connectivity index (χ0) is 16.3. The Kier molecular flexibility index (Phi) is 4.70. The van der Waals surface area contributed by atoms with Gasteiger partial charge in [-0.05, 0) is 19.1 Å². The van der Waals surface area contributed by atoms with E-state index in [1.54, 1.807) is 12.1 Å². The summed E-state index contributed by atoms with van der Waals surface area (Å²) in [5, 5.41) is 5.59. The number of alkyl halides is 3. The zero-order valence-electron chi connectivity index (χ0n) is 11.5. The Bertz CT molecular complexity index is 670. The van der Waals surface area contributed by atoms with Gasteiger partial charge in [0.2, 0.25) is 5.91 Å². The van der Waals surface area contributed by atoms with Crippen LogP contribution >= 0.6 is 11.6 Å². The minimum atomic E-state index is -4.62. The highest BCUT2D eigenvalue weighted by molar-refractivity contribution is 6.31. The van der Waals surface area contributed by atoms with Crippen molar-refractivity contribution in [2.45, 2.75) is 26.1 Å². The molecule has 0 unspecified atom stereocenters. The van der Waals surface area contributed by atoms with E-state index in [1.165, 1.54) is 19.3 Å². The number of carbonyl (C=O) groups excluding carboxylic acids is 1. The molecule has 9 heteroatoms. The third-order valence-electron chi connectivity index (χ3n) is 2.92. The Morgan fingerprint density at radius 2 is 2.00 bits per heavy atom. The van der Waals surface area contributed by atoms with Gasteiger partial charge in [0.05, 0.1) is 17.3 Å².